The molecule has 4 unspecified atom stereocenters. The lowest BCUT2D eigenvalue weighted by Crippen LogP contribution is -2.33. The van der Waals surface area contributed by atoms with Gasteiger partial charge in [-0.25, -0.2) is 33.5 Å². The van der Waals surface area contributed by atoms with Gasteiger partial charge >= 0.3 is 15.6 Å². The molecule has 10 atom stereocenters. The second-order valence-corrected chi connectivity index (χ2v) is 13.1. The number of rotatable bonds is 11. The zero-order valence-corrected chi connectivity index (χ0v) is 23.9. The first-order chi connectivity index (χ1) is 20.2. The molecule has 0 aromatic carbocycles. The number of alkyl halides is 1. The summed E-state index contributed by atoms with van der Waals surface area (Å²) in [6, 6.07) is 0. The Morgan fingerprint density at radius 3 is 2.33 bits per heavy atom. The van der Waals surface area contributed by atoms with E-state index in [-0.39, 0.29) is 27.7 Å². The van der Waals surface area contributed by atoms with E-state index < -0.39 is 83.8 Å². The summed E-state index contributed by atoms with van der Waals surface area (Å²) in [4.78, 5) is 46.7. The minimum atomic E-state index is -5.41. The predicted molar refractivity (Wildman–Crippen MR) is 137 cm³/mol. The van der Waals surface area contributed by atoms with Crippen molar-refractivity contribution in [2.45, 2.75) is 49.0 Å². The number of anilines is 1. The van der Waals surface area contributed by atoms with E-state index in [1.165, 1.54) is 5.38 Å². The van der Waals surface area contributed by atoms with Crippen molar-refractivity contribution in [3.05, 3.63) is 28.7 Å². The molecule has 3 aromatic rings. The van der Waals surface area contributed by atoms with E-state index in [0.717, 1.165) is 28.6 Å². The second-order valence-electron chi connectivity index (χ2n) is 9.20. The zero-order chi connectivity index (χ0) is 31.3. The van der Waals surface area contributed by atoms with Crippen LogP contribution in [0, 0.1) is 0 Å². The normalized spacial score (nSPS) is 32.1. The molecule has 5 rings (SSSR count). The van der Waals surface area contributed by atoms with Gasteiger partial charge < -0.3 is 46.0 Å². The Morgan fingerprint density at radius 2 is 1.70 bits per heavy atom. The number of aliphatic hydroxyl groups is 3. The molecule has 236 valence electrons. The van der Waals surface area contributed by atoms with Gasteiger partial charge in [0.05, 0.1) is 19.5 Å². The quantitative estimate of drug-likeness (QED) is 0.116. The van der Waals surface area contributed by atoms with Crippen LogP contribution in [-0.4, -0.2) is 105 Å². The van der Waals surface area contributed by atoms with E-state index in [4.69, 9.17) is 20.9 Å². The number of phosphoric acid groups is 2. The van der Waals surface area contributed by atoms with Crippen LogP contribution in [0.3, 0.4) is 0 Å². The molecule has 2 aliphatic heterocycles. The third-order valence-corrected chi connectivity index (χ3v) is 9.85. The summed E-state index contributed by atoms with van der Waals surface area (Å²) < 4.78 is 65.1. The van der Waals surface area contributed by atoms with E-state index in [1.54, 1.807) is 0 Å². The molecule has 5 heterocycles. The van der Waals surface area contributed by atoms with Crippen LogP contribution in [0.5, 0.6) is 0 Å². The Balaban J connectivity index is 1.15. The summed E-state index contributed by atoms with van der Waals surface area (Å²) >= 11 is 0.900. The number of phosphoric ester groups is 2. The van der Waals surface area contributed by atoms with Gasteiger partial charge in [0.2, 0.25) is 0 Å². The topological polar surface area (TPSA) is 307 Å². The molecule has 2 aliphatic rings. The maximum absolute atomic E-state index is 14.9. The van der Waals surface area contributed by atoms with Gasteiger partial charge in [-0.3, -0.25) is 18.4 Å². The molecule has 9 N–H and O–H groups in total. The molecule has 3 aromatic heterocycles. The third kappa shape index (κ3) is 6.61. The van der Waals surface area contributed by atoms with Crippen molar-refractivity contribution in [2.75, 3.05) is 18.9 Å². The number of nitrogen functional groups attached to an aromatic ring is 1. The molecule has 2 saturated heterocycles. The van der Waals surface area contributed by atoms with E-state index in [9.17, 15) is 43.4 Å². The average Bonchev–Trinajstić information content (AvgIpc) is 3.70. The summed E-state index contributed by atoms with van der Waals surface area (Å²) in [6.45, 7) is -1.89. The Hall–Kier alpha value is -2.56. The summed E-state index contributed by atoms with van der Waals surface area (Å²) in [7, 11) is -10.8. The smallest absolute Gasteiger partial charge is 0.387 e. The Morgan fingerprint density at radius 1 is 1.05 bits per heavy atom. The predicted octanol–water partition coefficient (Wildman–Crippen LogP) is -1.33. The molecule has 43 heavy (non-hydrogen) atoms. The van der Waals surface area contributed by atoms with E-state index >= 15 is 0 Å². The van der Waals surface area contributed by atoms with Crippen LogP contribution >= 0.6 is 27.0 Å². The molecule has 0 aliphatic carbocycles. The highest BCUT2D eigenvalue weighted by Gasteiger charge is 2.49. The molecule has 20 nitrogen and oxygen atoms in total. The molecule has 1 amide bonds. The second kappa shape index (κ2) is 12.1. The summed E-state index contributed by atoms with van der Waals surface area (Å²) in [5.74, 6) is -0.829. The van der Waals surface area contributed by atoms with E-state index in [0.29, 0.717) is 0 Å². The third-order valence-electron chi connectivity index (χ3n) is 6.35. The Labute approximate surface area is 243 Å². The number of carbonyl (C=O) groups excluding carboxylic acids is 1. The van der Waals surface area contributed by atoms with Crippen molar-refractivity contribution in [1.82, 2.24) is 24.5 Å². The number of fused-ring (bicyclic) bond motifs is 1. The van der Waals surface area contributed by atoms with Gasteiger partial charge in [-0.2, -0.15) is 4.31 Å². The molecule has 0 spiro atoms. The van der Waals surface area contributed by atoms with E-state index in [1.807, 2.05) is 0 Å². The van der Waals surface area contributed by atoms with Crippen molar-refractivity contribution in [3.8, 4) is 0 Å². The summed E-state index contributed by atoms with van der Waals surface area (Å²) in [6.07, 6.45) is -10.7. The lowest BCUT2D eigenvalue weighted by atomic mass is 10.1. The molecule has 0 radical (unpaired) electrons. The number of hydrogen-bond donors (Lipinski definition) is 7. The van der Waals surface area contributed by atoms with Crippen molar-refractivity contribution < 1.29 is 66.3 Å². The van der Waals surface area contributed by atoms with Crippen LogP contribution in [0.2, 0.25) is 0 Å². The number of halogens is 1. The van der Waals surface area contributed by atoms with Gasteiger partial charge in [-0.15, -0.1) is 11.3 Å². The summed E-state index contributed by atoms with van der Waals surface area (Å²) in [5, 5.41) is 32.2. The molecule has 24 heteroatoms. The average molecular weight is 671 g/mol. The number of aliphatic hydroxyl groups excluding tert-OH is 3. The number of amides is 1. The standard InChI is InChI=1S/C19H24FN7O13P2S/c20-9-11(28)7(39-19(9)27-5-25-10-15(21)23-4-24-17(10)27)1-36-41(32,33)40-42(34,35)37-2-8-12(29)13(30)14(38-8)18-26-6(3-43-18)16(22)31/h3-5,7-9,11-14,19,28-30H,1-2H2,(H2,22,31)(H,32,33)(H,34,35)(H2,21,23,24)/t7-,8-,9?,11+,12+,13?,14-,19-/m1/s1. The fourth-order valence-electron chi connectivity index (χ4n) is 4.26. The van der Waals surface area contributed by atoms with Crippen LogP contribution in [-0.2, 0) is 32.0 Å². The van der Waals surface area contributed by atoms with Crippen molar-refractivity contribution >= 4 is 49.9 Å². The summed E-state index contributed by atoms with van der Waals surface area (Å²) in [5.41, 5.74) is 11.0. The first-order valence-electron chi connectivity index (χ1n) is 12.0. The lowest BCUT2D eigenvalue weighted by Gasteiger charge is -2.20. The number of nitrogens with two attached hydrogens (primary N) is 2. The minimum absolute atomic E-state index is 0.00918. The van der Waals surface area contributed by atoms with Crippen molar-refractivity contribution in [1.29, 1.82) is 0 Å². The molecule has 0 bridgehead atoms. The lowest BCUT2D eigenvalue weighted by molar-refractivity contribution is -0.0457. The van der Waals surface area contributed by atoms with Crippen LogP contribution in [0.25, 0.3) is 11.2 Å². The maximum atomic E-state index is 14.9. The molecular weight excluding hydrogens is 647 g/mol. The fraction of sp³-hybridized carbons (Fsp3) is 0.526. The van der Waals surface area contributed by atoms with Gasteiger partial charge in [-0.1, -0.05) is 0 Å². The molecular formula is C19H24FN7O13P2S. The highest BCUT2D eigenvalue weighted by Crippen LogP contribution is 2.61. The monoisotopic (exact) mass is 671 g/mol. The molecule has 2 fully saturated rings. The largest absolute Gasteiger partial charge is 0.481 e. The fourth-order valence-corrected chi connectivity index (χ4v) is 7.23. The van der Waals surface area contributed by atoms with Crippen molar-refractivity contribution in [3.63, 3.8) is 0 Å². The number of ether oxygens (including phenoxy) is 2. The zero-order valence-electron chi connectivity index (χ0n) is 21.3. The Kier molecular flexibility index (Phi) is 8.95. The van der Waals surface area contributed by atoms with Crippen LogP contribution in [0.4, 0.5) is 10.2 Å². The van der Waals surface area contributed by atoms with E-state index in [2.05, 4.69) is 33.3 Å². The number of imidazole rings is 1. The minimum Gasteiger partial charge on any atom is -0.387 e. The SMILES string of the molecule is NC(=O)c1csc([C@@H]2O[C@H](COP(=O)(O)OP(=O)(O)OC[C@H]3O[C@@H](n4cnc5c(N)ncnc54)C(F)[C@H]3O)[C@H](O)C2O)n1. The van der Waals surface area contributed by atoms with Crippen LogP contribution < -0.4 is 11.5 Å². The van der Waals surface area contributed by atoms with Gasteiger partial charge in [0.1, 0.15) is 59.2 Å². The first kappa shape index (κ1) is 31.9. The highest BCUT2D eigenvalue weighted by molar-refractivity contribution is 7.61. The molecule has 0 saturated carbocycles. The number of aromatic nitrogens is 5. The highest BCUT2D eigenvalue weighted by atomic mass is 32.1. The van der Waals surface area contributed by atoms with Gasteiger partial charge in [0, 0.05) is 5.38 Å². The number of hydrogen-bond acceptors (Lipinski definition) is 17. The first-order valence-corrected chi connectivity index (χ1v) is 15.9. The number of thiazole rings is 1. The number of primary amides is 1. The van der Waals surface area contributed by atoms with Crippen LogP contribution in [0.1, 0.15) is 27.8 Å². The van der Waals surface area contributed by atoms with Gasteiger partial charge in [0.25, 0.3) is 5.91 Å². The number of carbonyl (C=O) groups is 1. The van der Waals surface area contributed by atoms with Gasteiger partial charge in [-0.05, 0) is 0 Å². The van der Waals surface area contributed by atoms with Gasteiger partial charge in [0.15, 0.2) is 23.9 Å². The number of nitrogens with zero attached hydrogens (tertiary/aromatic N) is 5. The Bertz CT molecular complexity index is 1600. The van der Waals surface area contributed by atoms with Crippen molar-refractivity contribution in [2.24, 2.45) is 5.73 Å². The maximum Gasteiger partial charge on any atom is 0.481 e. The van der Waals surface area contributed by atoms with Crippen LogP contribution in [0.15, 0.2) is 18.0 Å².